The first-order chi connectivity index (χ1) is 7.54. The smallest absolute Gasteiger partial charge is 0.407 e. The van der Waals surface area contributed by atoms with E-state index in [9.17, 15) is 14.0 Å². The van der Waals surface area contributed by atoms with Crippen molar-refractivity contribution in [1.82, 2.24) is 4.90 Å². The molecule has 1 fully saturated rings. The van der Waals surface area contributed by atoms with E-state index in [0.29, 0.717) is 6.42 Å². The Labute approximate surface area is 93.2 Å². The van der Waals surface area contributed by atoms with Crippen LogP contribution < -0.4 is 0 Å². The van der Waals surface area contributed by atoms with Crippen molar-refractivity contribution in [2.75, 3.05) is 19.7 Å². The van der Waals surface area contributed by atoms with Crippen LogP contribution in [0.2, 0.25) is 0 Å². The fourth-order valence-corrected chi connectivity index (χ4v) is 1.79. The number of carboxylic acid groups (broad SMARTS) is 1. The molecule has 1 amide bonds. The third-order valence-electron chi connectivity index (χ3n) is 2.68. The molecule has 2 atom stereocenters. The summed E-state index contributed by atoms with van der Waals surface area (Å²) < 4.78 is 18.3. The van der Waals surface area contributed by atoms with Gasteiger partial charge in [-0.3, -0.25) is 4.79 Å². The topological polar surface area (TPSA) is 66.8 Å². The molecule has 0 radical (unpaired) electrons. The van der Waals surface area contributed by atoms with E-state index in [1.807, 2.05) is 0 Å². The zero-order chi connectivity index (χ0) is 12.1. The lowest BCUT2D eigenvalue weighted by molar-refractivity contribution is -0.145. The molecule has 5 nitrogen and oxygen atoms in total. The van der Waals surface area contributed by atoms with Gasteiger partial charge in [-0.25, -0.2) is 9.18 Å². The molecule has 16 heavy (non-hydrogen) atoms. The number of carbonyl (C=O) groups is 2. The Morgan fingerprint density at radius 2 is 2.25 bits per heavy atom. The number of halogens is 1. The van der Waals surface area contributed by atoms with Gasteiger partial charge < -0.3 is 14.7 Å². The number of likely N-dealkylation sites (tertiary alicyclic amines) is 1. The van der Waals surface area contributed by atoms with Crippen LogP contribution in [-0.2, 0) is 9.53 Å². The standard InChI is InChI=1S/C10H16FNO4/c1-2-16-9(13)5-7-3-4-12(10(14)15)6-8(7)11/h7-8H,2-6H2,1H3,(H,14,15)/t7-,8-/m1/s1. The second-order valence-corrected chi connectivity index (χ2v) is 3.80. The van der Waals surface area contributed by atoms with Crippen LogP contribution in [0.25, 0.3) is 0 Å². The number of esters is 1. The molecule has 1 aliphatic rings. The van der Waals surface area contributed by atoms with E-state index in [1.54, 1.807) is 6.92 Å². The van der Waals surface area contributed by atoms with E-state index in [1.165, 1.54) is 0 Å². The van der Waals surface area contributed by atoms with Crippen LogP contribution in [0.5, 0.6) is 0 Å². The van der Waals surface area contributed by atoms with Crippen molar-refractivity contribution in [3.05, 3.63) is 0 Å². The molecular formula is C10H16FNO4. The highest BCUT2D eigenvalue weighted by Gasteiger charge is 2.32. The molecule has 0 aromatic carbocycles. The molecule has 0 aromatic rings. The average molecular weight is 233 g/mol. The third-order valence-corrected chi connectivity index (χ3v) is 2.68. The number of nitrogens with zero attached hydrogens (tertiary/aromatic N) is 1. The summed E-state index contributed by atoms with van der Waals surface area (Å²) in [6.45, 7) is 2.10. The van der Waals surface area contributed by atoms with Crippen LogP contribution in [0, 0.1) is 5.92 Å². The summed E-state index contributed by atoms with van der Waals surface area (Å²) in [6.07, 6.45) is -2.00. The molecule has 0 aromatic heterocycles. The number of ether oxygens (including phenoxy) is 1. The maximum atomic E-state index is 13.5. The van der Waals surface area contributed by atoms with Crippen molar-refractivity contribution in [2.45, 2.75) is 25.9 Å². The molecular weight excluding hydrogens is 217 g/mol. The number of hydrogen-bond acceptors (Lipinski definition) is 3. The normalized spacial score (nSPS) is 25.2. The van der Waals surface area contributed by atoms with Crippen LogP contribution in [-0.4, -0.2) is 47.9 Å². The molecule has 1 rings (SSSR count). The van der Waals surface area contributed by atoms with Crippen molar-refractivity contribution in [1.29, 1.82) is 0 Å². The Hall–Kier alpha value is -1.33. The monoisotopic (exact) mass is 233 g/mol. The van der Waals surface area contributed by atoms with E-state index < -0.39 is 24.2 Å². The second kappa shape index (κ2) is 5.67. The first-order valence-corrected chi connectivity index (χ1v) is 5.32. The summed E-state index contributed by atoms with van der Waals surface area (Å²) in [5.74, 6) is -0.839. The van der Waals surface area contributed by atoms with Gasteiger partial charge in [0.1, 0.15) is 6.17 Å². The van der Waals surface area contributed by atoms with Gasteiger partial charge in [0, 0.05) is 12.5 Å². The summed E-state index contributed by atoms with van der Waals surface area (Å²) in [6, 6.07) is 0. The predicted octanol–water partition coefficient (Wildman–Crippen LogP) is 1.28. The Bertz CT molecular complexity index is 272. The quantitative estimate of drug-likeness (QED) is 0.745. The summed E-state index contributed by atoms with van der Waals surface area (Å²) >= 11 is 0. The number of alkyl halides is 1. The van der Waals surface area contributed by atoms with Gasteiger partial charge in [0.2, 0.25) is 0 Å². The Morgan fingerprint density at radius 3 is 2.75 bits per heavy atom. The average Bonchev–Trinajstić information content (AvgIpc) is 2.21. The van der Waals surface area contributed by atoms with Gasteiger partial charge in [-0.05, 0) is 13.3 Å². The van der Waals surface area contributed by atoms with Crippen molar-refractivity contribution < 1.29 is 23.8 Å². The zero-order valence-electron chi connectivity index (χ0n) is 9.19. The largest absolute Gasteiger partial charge is 0.466 e. The van der Waals surface area contributed by atoms with E-state index in [4.69, 9.17) is 9.84 Å². The van der Waals surface area contributed by atoms with Gasteiger partial charge in [0.25, 0.3) is 0 Å². The molecule has 1 saturated heterocycles. The van der Waals surface area contributed by atoms with Gasteiger partial charge in [-0.15, -0.1) is 0 Å². The lowest BCUT2D eigenvalue weighted by Crippen LogP contribution is -2.44. The van der Waals surface area contributed by atoms with Gasteiger partial charge in [-0.1, -0.05) is 0 Å². The van der Waals surface area contributed by atoms with Crippen molar-refractivity contribution in [3.8, 4) is 0 Å². The fourth-order valence-electron chi connectivity index (χ4n) is 1.79. The minimum absolute atomic E-state index is 0.0302. The Balaban J connectivity index is 2.41. The maximum Gasteiger partial charge on any atom is 0.407 e. The number of hydrogen-bond donors (Lipinski definition) is 1. The van der Waals surface area contributed by atoms with Gasteiger partial charge >= 0.3 is 12.1 Å². The summed E-state index contributed by atoms with van der Waals surface area (Å²) in [5.41, 5.74) is 0. The first-order valence-electron chi connectivity index (χ1n) is 5.32. The highest BCUT2D eigenvalue weighted by molar-refractivity contribution is 5.70. The number of carbonyl (C=O) groups excluding carboxylic acids is 1. The number of amides is 1. The first kappa shape index (κ1) is 12.7. The molecule has 0 spiro atoms. The summed E-state index contributed by atoms with van der Waals surface area (Å²) in [7, 11) is 0. The van der Waals surface area contributed by atoms with Crippen molar-refractivity contribution >= 4 is 12.1 Å². The fraction of sp³-hybridized carbons (Fsp3) is 0.800. The van der Waals surface area contributed by atoms with Crippen LogP contribution in [0.15, 0.2) is 0 Å². The zero-order valence-corrected chi connectivity index (χ0v) is 9.19. The van der Waals surface area contributed by atoms with Crippen LogP contribution in [0.1, 0.15) is 19.8 Å². The molecule has 1 heterocycles. The molecule has 0 unspecified atom stereocenters. The highest BCUT2D eigenvalue weighted by Crippen LogP contribution is 2.24. The lowest BCUT2D eigenvalue weighted by atomic mass is 9.92. The molecule has 6 heteroatoms. The van der Waals surface area contributed by atoms with E-state index in [2.05, 4.69) is 0 Å². The van der Waals surface area contributed by atoms with E-state index >= 15 is 0 Å². The number of rotatable bonds is 3. The molecule has 0 saturated carbocycles. The third kappa shape index (κ3) is 3.36. The minimum Gasteiger partial charge on any atom is -0.466 e. The van der Waals surface area contributed by atoms with E-state index in [0.717, 1.165) is 4.90 Å². The molecule has 0 aliphatic carbocycles. The van der Waals surface area contributed by atoms with Gasteiger partial charge in [-0.2, -0.15) is 0 Å². The van der Waals surface area contributed by atoms with Crippen LogP contribution in [0.3, 0.4) is 0 Å². The lowest BCUT2D eigenvalue weighted by Gasteiger charge is -2.32. The van der Waals surface area contributed by atoms with Crippen LogP contribution >= 0.6 is 0 Å². The Kier molecular flexibility index (Phi) is 4.52. The minimum atomic E-state index is -1.28. The van der Waals surface area contributed by atoms with Crippen molar-refractivity contribution in [2.24, 2.45) is 5.92 Å². The summed E-state index contributed by atoms with van der Waals surface area (Å²) in [4.78, 5) is 22.8. The molecule has 92 valence electrons. The SMILES string of the molecule is CCOC(=O)C[C@H]1CCN(C(=O)O)C[C@H]1F. The predicted molar refractivity (Wildman–Crippen MR) is 53.9 cm³/mol. The van der Waals surface area contributed by atoms with E-state index in [-0.39, 0.29) is 26.1 Å². The molecule has 1 N–H and O–H groups in total. The number of piperidine rings is 1. The van der Waals surface area contributed by atoms with Gasteiger partial charge in [0.05, 0.1) is 19.6 Å². The maximum absolute atomic E-state index is 13.5. The second-order valence-electron chi connectivity index (χ2n) is 3.80. The van der Waals surface area contributed by atoms with Crippen molar-refractivity contribution in [3.63, 3.8) is 0 Å². The Morgan fingerprint density at radius 1 is 1.56 bits per heavy atom. The molecule has 1 aliphatic heterocycles. The summed E-state index contributed by atoms with van der Waals surface area (Å²) in [5, 5.41) is 8.68. The van der Waals surface area contributed by atoms with Gasteiger partial charge in [0.15, 0.2) is 0 Å². The highest BCUT2D eigenvalue weighted by atomic mass is 19.1. The van der Waals surface area contributed by atoms with Crippen LogP contribution in [0.4, 0.5) is 9.18 Å². The molecule has 0 bridgehead atoms.